The monoisotopic (exact) mass is 373 g/mol. The van der Waals surface area contributed by atoms with Gasteiger partial charge in [-0.25, -0.2) is 0 Å². The van der Waals surface area contributed by atoms with Gasteiger partial charge in [-0.2, -0.15) is 13.2 Å². The molecule has 0 heterocycles. The second kappa shape index (κ2) is 8.56. The minimum Gasteiger partial charge on any atom is -0.493 e. The highest BCUT2D eigenvalue weighted by Gasteiger charge is 2.40. The molecule has 0 saturated heterocycles. The van der Waals surface area contributed by atoms with Crippen LogP contribution in [0, 0.1) is 19.3 Å². The molecule has 0 aliphatic heterocycles. The summed E-state index contributed by atoms with van der Waals surface area (Å²) in [6, 6.07) is 5.83. The smallest absolute Gasteiger partial charge is 0.406 e. The first-order valence-electron chi connectivity index (χ1n) is 8.43. The van der Waals surface area contributed by atoms with Gasteiger partial charge in [0.05, 0.1) is 6.61 Å². The van der Waals surface area contributed by atoms with E-state index in [-0.39, 0.29) is 4.90 Å². The molecule has 1 aromatic rings. The van der Waals surface area contributed by atoms with Gasteiger partial charge in [-0.05, 0) is 43.9 Å². The van der Waals surface area contributed by atoms with Crippen LogP contribution < -0.4 is 4.74 Å². The van der Waals surface area contributed by atoms with Gasteiger partial charge in [-0.1, -0.05) is 26.0 Å². The fraction of sp³-hybridized carbons (Fsp3) is 0.579. The maximum absolute atomic E-state index is 12.6. The first-order valence-corrected chi connectivity index (χ1v) is 8.43. The van der Waals surface area contributed by atoms with Crippen LogP contribution in [-0.2, 0) is 9.59 Å². The molecule has 0 aliphatic rings. The maximum Gasteiger partial charge on any atom is 0.406 e. The SMILES string of the molecule is CC(=O)N(CC(F)(F)F)C(=O)C(C)(C)CCCOc1cc(C)ccc1C. The van der Waals surface area contributed by atoms with Crippen LogP contribution in [0.2, 0.25) is 0 Å². The quantitative estimate of drug-likeness (QED) is 0.665. The number of ether oxygens (including phenoxy) is 1. The zero-order valence-corrected chi connectivity index (χ0v) is 15.9. The summed E-state index contributed by atoms with van der Waals surface area (Å²) in [5, 5.41) is 0. The van der Waals surface area contributed by atoms with Gasteiger partial charge in [-0.15, -0.1) is 0 Å². The Morgan fingerprint density at radius 2 is 1.77 bits per heavy atom. The molecule has 0 aromatic heterocycles. The number of halogens is 3. The molecule has 4 nitrogen and oxygen atoms in total. The van der Waals surface area contributed by atoms with E-state index in [4.69, 9.17) is 4.74 Å². The summed E-state index contributed by atoms with van der Waals surface area (Å²) in [6.07, 6.45) is -3.84. The summed E-state index contributed by atoms with van der Waals surface area (Å²) >= 11 is 0. The lowest BCUT2D eigenvalue weighted by molar-refractivity contribution is -0.173. The number of aryl methyl sites for hydroxylation is 2. The lowest BCUT2D eigenvalue weighted by Crippen LogP contribution is -2.47. The predicted molar refractivity (Wildman–Crippen MR) is 92.9 cm³/mol. The lowest BCUT2D eigenvalue weighted by atomic mass is 9.86. The molecule has 0 saturated carbocycles. The normalized spacial score (nSPS) is 12.0. The van der Waals surface area contributed by atoms with Crippen LogP contribution in [-0.4, -0.2) is 36.0 Å². The number of alkyl halides is 3. The Morgan fingerprint density at radius 1 is 1.15 bits per heavy atom. The Morgan fingerprint density at radius 3 is 2.31 bits per heavy atom. The molecular formula is C19H26F3NO3. The summed E-state index contributed by atoms with van der Waals surface area (Å²) in [5.41, 5.74) is 0.950. The molecule has 0 spiro atoms. The minimum atomic E-state index is -4.62. The zero-order chi connectivity index (χ0) is 20.1. The Balaban J connectivity index is 2.65. The van der Waals surface area contributed by atoms with E-state index < -0.39 is 30.0 Å². The van der Waals surface area contributed by atoms with E-state index in [1.54, 1.807) is 13.8 Å². The molecule has 0 radical (unpaired) electrons. The number of amides is 2. The van der Waals surface area contributed by atoms with Crippen molar-refractivity contribution < 1.29 is 27.5 Å². The van der Waals surface area contributed by atoms with E-state index >= 15 is 0 Å². The molecule has 2 amide bonds. The van der Waals surface area contributed by atoms with Gasteiger partial charge in [-0.3, -0.25) is 14.5 Å². The van der Waals surface area contributed by atoms with E-state index in [1.807, 2.05) is 32.0 Å². The standard InChI is InChI=1S/C19H26F3NO3/c1-13-7-8-14(2)16(11-13)26-10-6-9-18(4,5)17(25)23(15(3)24)12-19(20,21)22/h7-8,11H,6,9-10,12H2,1-5H3. The molecule has 26 heavy (non-hydrogen) atoms. The van der Waals surface area contributed by atoms with Gasteiger partial charge in [0, 0.05) is 12.3 Å². The van der Waals surface area contributed by atoms with Crippen LogP contribution in [0.5, 0.6) is 5.75 Å². The van der Waals surface area contributed by atoms with Crippen molar-refractivity contribution >= 4 is 11.8 Å². The van der Waals surface area contributed by atoms with Crippen molar-refractivity contribution in [2.24, 2.45) is 5.41 Å². The Bertz CT molecular complexity index is 654. The first-order chi connectivity index (χ1) is 11.8. The van der Waals surface area contributed by atoms with E-state index in [0.29, 0.717) is 19.4 Å². The van der Waals surface area contributed by atoms with Gasteiger partial charge in [0.1, 0.15) is 12.3 Å². The zero-order valence-electron chi connectivity index (χ0n) is 15.9. The molecule has 0 N–H and O–H groups in total. The minimum absolute atomic E-state index is 0.269. The number of imide groups is 1. The first kappa shape index (κ1) is 22.0. The summed E-state index contributed by atoms with van der Waals surface area (Å²) in [4.78, 5) is 24.2. The molecular weight excluding hydrogens is 347 g/mol. The number of benzene rings is 1. The van der Waals surface area contributed by atoms with Gasteiger partial charge in [0.25, 0.3) is 0 Å². The predicted octanol–water partition coefficient (Wildman–Crippen LogP) is 4.43. The summed E-state index contributed by atoms with van der Waals surface area (Å²) in [5.74, 6) is -0.988. The summed E-state index contributed by atoms with van der Waals surface area (Å²) in [7, 11) is 0. The molecule has 1 rings (SSSR count). The average Bonchev–Trinajstić information content (AvgIpc) is 2.50. The van der Waals surface area contributed by atoms with Crippen LogP contribution >= 0.6 is 0 Å². The lowest BCUT2D eigenvalue weighted by Gasteiger charge is -2.30. The van der Waals surface area contributed by atoms with Crippen LogP contribution in [0.25, 0.3) is 0 Å². The highest BCUT2D eigenvalue weighted by molar-refractivity contribution is 5.96. The summed E-state index contributed by atoms with van der Waals surface area (Å²) in [6.45, 7) is 6.68. The number of carbonyl (C=O) groups is 2. The third-order valence-corrected chi connectivity index (χ3v) is 4.09. The van der Waals surface area contributed by atoms with E-state index in [1.165, 1.54) is 0 Å². The highest BCUT2D eigenvalue weighted by Crippen LogP contribution is 2.28. The van der Waals surface area contributed by atoms with Gasteiger partial charge < -0.3 is 4.74 Å². The largest absolute Gasteiger partial charge is 0.493 e. The molecule has 0 fully saturated rings. The van der Waals surface area contributed by atoms with Crippen molar-refractivity contribution in [3.8, 4) is 5.75 Å². The van der Waals surface area contributed by atoms with Crippen molar-refractivity contribution in [1.82, 2.24) is 4.90 Å². The van der Waals surface area contributed by atoms with Gasteiger partial charge in [0.2, 0.25) is 11.8 Å². The van der Waals surface area contributed by atoms with Gasteiger partial charge in [0.15, 0.2) is 0 Å². The van der Waals surface area contributed by atoms with Crippen LogP contribution in [0.4, 0.5) is 13.2 Å². The third kappa shape index (κ3) is 6.69. The van der Waals surface area contributed by atoms with E-state index in [0.717, 1.165) is 23.8 Å². The Hall–Kier alpha value is -2.05. The molecule has 1 aromatic carbocycles. The number of rotatable bonds is 7. The average molecular weight is 373 g/mol. The topological polar surface area (TPSA) is 46.6 Å². The Labute approximate surface area is 152 Å². The summed E-state index contributed by atoms with van der Waals surface area (Å²) < 4.78 is 43.5. The van der Waals surface area contributed by atoms with Gasteiger partial charge >= 0.3 is 6.18 Å². The molecule has 0 unspecified atom stereocenters. The molecule has 0 atom stereocenters. The fourth-order valence-electron chi connectivity index (χ4n) is 2.54. The molecule has 146 valence electrons. The van der Waals surface area contributed by atoms with Crippen LogP contribution in [0.3, 0.4) is 0 Å². The van der Waals surface area contributed by atoms with Crippen molar-refractivity contribution in [2.45, 2.75) is 53.6 Å². The van der Waals surface area contributed by atoms with E-state index in [2.05, 4.69) is 0 Å². The number of nitrogens with zero attached hydrogens (tertiary/aromatic N) is 1. The highest BCUT2D eigenvalue weighted by atomic mass is 19.4. The second-order valence-corrected chi connectivity index (χ2v) is 7.13. The molecule has 7 heteroatoms. The Kier molecular flexibility index (Phi) is 7.24. The van der Waals surface area contributed by atoms with Crippen molar-refractivity contribution in [3.63, 3.8) is 0 Å². The number of hydrogen-bond acceptors (Lipinski definition) is 3. The third-order valence-electron chi connectivity index (χ3n) is 4.09. The van der Waals surface area contributed by atoms with Crippen LogP contribution in [0.15, 0.2) is 18.2 Å². The maximum atomic E-state index is 12.6. The fourth-order valence-corrected chi connectivity index (χ4v) is 2.54. The molecule has 0 aliphatic carbocycles. The van der Waals surface area contributed by atoms with Crippen molar-refractivity contribution in [3.05, 3.63) is 29.3 Å². The number of hydrogen-bond donors (Lipinski definition) is 0. The second-order valence-electron chi connectivity index (χ2n) is 7.13. The van der Waals surface area contributed by atoms with Crippen molar-refractivity contribution in [2.75, 3.05) is 13.2 Å². The van der Waals surface area contributed by atoms with E-state index in [9.17, 15) is 22.8 Å². The molecule has 0 bridgehead atoms. The number of carbonyl (C=O) groups excluding carboxylic acids is 2. The van der Waals surface area contributed by atoms with Crippen LogP contribution in [0.1, 0.15) is 44.7 Å². The van der Waals surface area contributed by atoms with Crippen molar-refractivity contribution in [1.29, 1.82) is 0 Å².